The molecule has 0 N–H and O–H groups in total. The van der Waals surface area contributed by atoms with E-state index in [4.69, 9.17) is 9.47 Å². The normalized spacial score (nSPS) is 32.6. The number of ether oxygens (including phenoxy) is 2. The molecule has 3 aliphatic heterocycles. The monoisotopic (exact) mass is 282 g/mol. The number of methoxy groups -OCH3 is 1. The molecule has 1 amide bonds. The first-order valence-electron chi connectivity index (χ1n) is 7.90. The van der Waals surface area contributed by atoms with Gasteiger partial charge < -0.3 is 14.4 Å². The molecule has 0 aromatic heterocycles. The van der Waals surface area contributed by atoms with Gasteiger partial charge in [-0.1, -0.05) is 0 Å². The average Bonchev–Trinajstić information content (AvgIpc) is 2.53. The topological polar surface area (TPSA) is 42.0 Å². The number of rotatable bonds is 4. The van der Waals surface area contributed by atoms with Crippen molar-refractivity contribution < 1.29 is 14.3 Å². The summed E-state index contributed by atoms with van der Waals surface area (Å²) in [6.07, 6.45) is 4.04. The third-order valence-electron chi connectivity index (χ3n) is 5.08. The van der Waals surface area contributed by atoms with Gasteiger partial charge in [0, 0.05) is 39.2 Å². The molecule has 0 unspecified atom stereocenters. The van der Waals surface area contributed by atoms with Crippen LogP contribution in [0.25, 0.3) is 0 Å². The quantitative estimate of drug-likeness (QED) is 0.762. The van der Waals surface area contributed by atoms with Gasteiger partial charge in [0.25, 0.3) is 0 Å². The van der Waals surface area contributed by atoms with Crippen molar-refractivity contribution in [2.75, 3.05) is 46.6 Å². The van der Waals surface area contributed by atoms with Crippen LogP contribution in [0.3, 0.4) is 0 Å². The third kappa shape index (κ3) is 2.85. The Hall–Kier alpha value is -0.650. The Kier molecular flexibility index (Phi) is 4.58. The van der Waals surface area contributed by atoms with E-state index in [1.165, 1.54) is 6.42 Å². The molecule has 0 spiro atoms. The van der Waals surface area contributed by atoms with Gasteiger partial charge in [-0.15, -0.1) is 0 Å². The fraction of sp³-hybridized carbons (Fsp3) is 0.933. The fourth-order valence-electron chi connectivity index (χ4n) is 3.83. The summed E-state index contributed by atoms with van der Waals surface area (Å²) in [6, 6.07) is 1.06. The van der Waals surface area contributed by atoms with Crippen LogP contribution in [0.1, 0.15) is 25.7 Å². The van der Waals surface area contributed by atoms with Crippen LogP contribution in [0.4, 0.5) is 0 Å². The first-order chi connectivity index (χ1) is 9.79. The number of hydrogen-bond acceptors (Lipinski definition) is 4. The SMILES string of the molecule is COCCN1C(=O)CCC[C@H]2CN(C3COC3)CC[C@H]21. The smallest absolute Gasteiger partial charge is 0.222 e. The molecule has 20 heavy (non-hydrogen) atoms. The largest absolute Gasteiger partial charge is 0.383 e. The Balaban J connectivity index is 1.65. The lowest BCUT2D eigenvalue weighted by molar-refractivity contribution is -0.137. The van der Waals surface area contributed by atoms with Crippen LogP contribution in [0.15, 0.2) is 0 Å². The molecule has 0 aromatic rings. The summed E-state index contributed by atoms with van der Waals surface area (Å²) in [5, 5.41) is 0. The Bertz CT molecular complexity index is 346. The van der Waals surface area contributed by atoms with Gasteiger partial charge in [-0.25, -0.2) is 0 Å². The van der Waals surface area contributed by atoms with E-state index in [1.54, 1.807) is 7.11 Å². The van der Waals surface area contributed by atoms with E-state index < -0.39 is 0 Å². The zero-order chi connectivity index (χ0) is 13.9. The van der Waals surface area contributed by atoms with Crippen LogP contribution in [-0.2, 0) is 14.3 Å². The zero-order valence-corrected chi connectivity index (χ0v) is 12.4. The van der Waals surface area contributed by atoms with Crippen LogP contribution in [0.5, 0.6) is 0 Å². The summed E-state index contributed by atoms with van der Waals surface area (Å²) in [4.78, 5) is 17.0. The van der Waals surface area contributed by atoms with Crippen molar-refractivity contribution in [2.24, 2.45) is 5.92 Å². The summed E-state index contributed by atoms with van der Waals surface area (Å²) in [7, 11) is 1.71. The van der Waals surface area contributed by atoms with E-state index in [0.717, 1.165) is 45.7 Å². The molecule has 5 nitrogen and oxygen atoms in total. The first-order valence-corrected chi connectivity index (χ1v) is 7.90. The van der Waals surface area contributed by atoms with Gasteiger partial charge >= 0.3 is 0 Å². The average molecular weight is 282 g/mol. The van der Waals surface area contributed by atoms with Crippen LogP contribution < -0.4 is 0 Å². The second-order valence-electron chi connectivity index (χ2n) is 6.27. The van der Waals surface area contributed by atoms with Crippen LogP contribution in [0.2, 0.25) is 0 Å². The summed E-state index contributed by atoms with van der Waals surface area (Å²) in [5.74, 6) is 0.961. The molecule has 2 atom stereocenters. The second kappa shape index (κ2) is 6.41. The summed E-state index contributed by atoms with van der Waals surface area (Å²) in [6.45, 7) is 5.42. The van der Waals surface area contributed by atoms with Crippen LogP contribution in [-0.4, -0.2) is 74.4 Å². The Morgan fingerprint density at radius 1 is 1.35 bits per heavy atom. The molecule has 114 valence electrons. The molecule has 3 rings (SSSR count). The molecule has 0 aliphatic carbocycles. The van der Waals surface area contributed by atoms with Gasteiger partial charge in [-0.3, -0.25) is 9.69 Å². The molecule has 5 heteroatoms. The predicted molar refractivity (Wildman–Crippen MR) is 75.5 cm³/mol. The third-order valence-corrected chi connectivity index (χ3v) is 5.08. The van der Waals surface area contributed by atoms with Gasteiger partial charge in [0.15, 0.2) is 0 Å². The van der Waals surface area contributed by atoms with Gasteiger partial charge in [0.05, 0.1) is 25.9 Å². The van der Waals surface area contributed by atoms with Gasteiger partial charge in [-0.05, 0) is 25.2 Å². The lowest BCUT2D eigenvalue weighted by Gasteiger charge is -2.47. The minimum Gasteiger partial charge on any atom is -0.383 e. The lowest BCUT2D eigenvalue weighted by Crippen LogP contribution is -2.58. The van der Waals surface area contributed by atoms with Crippen molar-refractivity contribution >= 4 is 5.91 Å². The molecule has 0 radical (unpaired) electrons. The van der Waals surface area contributed by atoms with Gasteiger partial charge in [0.2, 0.25) is 5.91 Å². The van der Waals surface area contributed by atoms with Crippen LogP contribution >= 0.6 is 0 Å². The summed E-state index contributed by atoms with van der Waals surface area (Å²) >= 11 is 0. The highest BCUT2D eigenvalue weighted by Crippen LogP contribution is 2.32. The summed E-state index contributed by atoms with van der Waals surface area (Å²) < 4.78 is 10.5. The molecule has 0 bridgehead atoms. The van der Waals surface area contributed by atoms with E-state index >= 15 is 0 Å². The maximum atomic E-state index is 12.3. The number of nitrogens with zero attached hydrogens (tertiary/aromatic N) is 2. The molecular formula is C15H26N2O3. The first kappa shape index (κ1) is 14.3. The Labute approximate surface area is 121 Å². The second-order valence-corrected chi connectivity index (χ2v) is 6.27. The molecule has 3 heterocycles. The molecule has 3 aliphatic rings. The van der Waals surface area contributed by atoms with Crippen molar-refractivity contribution in [1.82, 2.24) is 9.80 Å². The minimum absolute atomic E-state index is 0.329. The molecule has 3 fully saturated rings. The van der Waals surface area contributed by atoms with E-state index in [-0.39, 0.29) is 0 Å². The number of hydrogen-bond donors (Lipinski definition) is 0. The summed E-state index contributed by atoms with van der Waals surface area (Å²) in [5.41, 5.74) is 0. The van der Waals surface area contributed by atoms with E-state index in [1.807, 2.05) is 0 Å². The zero-order valence-electron chi connectivity index (χ0n) is 12.4. The highest BCUT2D eigenvalue weighted by atomic mass is 16.5. The van der Waals surface area contributed by atoms with Crippen molar-refractivity contribution in [3.63, 3.8) is 0 Å². The number of amides is 1. The lowest BCUT2D eigenvalue weighted by atomic mass is 9.87. The van der Waals surface area contributed by atoms with Crippen molar-refractivity contribution in [2.45, 2.75) is 37.8 Å². The molecule has 0 aromatic carbocycles. The van der Waals surface area contributed by atoms with E-state index in [0.29, 0.717) is 36.9 Å². The van der Waals surface area contributed by atoms with Crippen molar-refractivity contribution in [3.05, 3.63) is 0 Å². The van der Waals surface area contributed by atoms with E-state index in [9.17, 15) is 4.79 Å². The maximum Gasteiger partial charge on any atom is 0.222 e. The maximum absolute atomic E-state index is 12.3. The Morgan fingerprint density at radius 2 is 2.20 bits per heavy atom. The molecule has 3 saturated heterocycles. The van der Waals surface area contributed by atoms with Crippen molar-refractivity contribution in [1.29, 1.82) is 0 Å². The Morgan fingerprint density at radius 3 is 2.90 bits per heavy atom. The molecular weight excluding hydrogens is 256 g/mol. The number of piperidine rings is 1. The van der Waals surface area contributed by atoms with Gasteiger partial charge in [-0.2, -0.15) is 0 Å². The standard InChI is InChI=1S/C15H26N2O3/c1-19-8-7-17-14-5-6-16(13-10-20-11-13)9-12(14)3-2-4-15(17)18/h12-14H,2-11H2,1H3/t12-,14+/m0/s1. The predicted octanol–water partition coefficient (Wildman–Crippen LogP) is 0.735. The van der Waals surface area contributed by atoms with Crippen LogP contribution in [0, 0.1) is 5.92 Å². The van der Waals surface area contributed by atoms with E-state index in [2.05, 4.69) is 9.80 Å². The highest BCUT2D eigenvalue weighted by molar-refractivity contribution is 5.76. The van der Waals surface area contributed by atoms with Crippen molar-refractivity contribution in [3.8, 4) is 0 Å². The minimum atomic E-state index is 0.329. The van der Waals surface area contributed by atoms with Gasteiger partial charge in [0.1, 0.15) is 0 Å². The number of fused-ring (bicyclic) bond motifs is 1. The number of carbonyl (C=O) groups excluding carboxylic acids is 1. The molecule has 0 saturated carbocycles. The fourth-order valence-corrected chi connectivity index (χ4v) is 3.83. The number of likely N-dealkylation sites (tertiary alicyclic amines) is 2. The highest BCUT2D eigenvalue weighted by Gasteiger charge is 2.39. The number of carbonyl (C=O) groups is 1.